The van der Waals surface area contributed by atoms with Crippen molar-refractivity contribution in [3.63, 3.8) is 0 Å². The van der Waals surface area contributed by atoms with Gasteiger partial charge in [0.05, 0.1) is 26.9 Å². The fraction of sp³-hybridized carbons (Fsp3) is 0.556. The van der Waals surface area contributed by atoms with Gasteiger partial charge in [0.1, 0.15) is 18.1 Å². The van der Waals surface area contributed by atoms with E-state index in [2.05, 4.69) is 0 Å². The van der Waals surface area contributed by atoms with Gasteiger partial charge in [0.2, 0.25) is 11.8 Å². The lowest BCUT2D eigenvalue weighted by Crippen LogP contribution is -2.43. The Labute approximate surface area is 148 Å². The summed E-state index contributed by atoms with van der Waals surface area (Å²) in [6.07, 6.45) is 0.322. The molecule has 1 aromatic carbocycles. The maximum atomic E-state index is 12.2. The van der Waals surface area contributed by atoms with Crippen molar-refractivity contribution in [1.82, 2.24) is 9.80 Å². The summed E-state index contributed by atoms with van der Waals surface area (Å²) in [5.41, 5.74) is 0. The fourth-order valence-corrected chi connectivity index (χ4v) is 2.57. The lowest BCUT2D eigenvalue weighted by Gasteiger charge is -2.28. The molecule has 1 fully saturated rings. The van der Waals surface area contributed by atoms with E-state index in [0.717, 1.165) is 5.75 Å². The van der Waals surface area contributed by atoms with Gasteiger partial charge in [-0.1, -0.05) is 0 Å². The molecule has 0 aromatic heterocycles. The minimum atomic E-state index is -0.0619. The normalized spacial score (nSPS) is 14.1. The average Bonchev–Trinajstić information content (AvgIpc) is 2.65. The number of nitrogens with zero attached hydrogens (tertiary/aromatic N) is 2. The van der Waals surface area contributed by atoms with E-state index in [1.54, 1.807) is 16.9 Å². The summed E-state index contributed by atoms with van der Waals surface area (Å²) in [7, 11) is 1.61. The van der Waals surface area contributed by atoms with Crippen LogP contribution in [0.5, 0.6) is 11.5 Å². The van der Waals surface area contributed by atoms with Gasteiger partial charge < -0.3 is 24.0 Å². The number of hydrogen-bond acceptors (Lipinski definition) is 5. The van der Waals surface area contributed by atoms with Crippen LogP contribution in [0.2, 0.25) is 0 Å². The predicted octanol–water partition coefficient (Wildman–Crippen LogP) is 1.17. The fourth-order valence-electron chi connectivity index (χ4n) is 2.57. The molecule has 138 valence electrons. The Hall–Kier alpha value is -2.28. The van der Waals surface area contributed by atoms with Gasteiger partial charge >= 0.3 is 0 Å². The molecule has 1 heterocycles. The molecular weight excluding hydrogens is 324 g/mol. The van der Waals surface area contributed by atoms with Crippen molar-refractivity contribution in [2.75, 3.05) is 53.1 Å². The monoisotopic (exact) mass is 350 g/mol. The molecule has 25 heavy (non-hydrogen) atoms. The maximum Gasteiger partial charge on any atom is 0.224 e. The van der Waals surface area contributed by atoms with Crippen molar-refractivity contribution < 1.29 is 23.8 Å². The molecule has 2 amide bonds. The zero-order valence-corrected chi connectivity index (χ0v) is 14.9. The molecule has 1 saturated heterocycles. The maximum absolute atomic E-state index is 12.2. The summed E-state index contributed by atoms with van der Waals surface area (Å²) in [5, 5.41) is 0. The van der Waals surface area contributed by atoms with Crippen molar-refractivity contribution in [3.8, 4) is 11.5 Å². The first-order valence-electron chi connectivity index (χ1n) is 8.48. The van der Waals surface area contributed by atoms with Crippen LogP contribution in [0, 0.1) is 0 Å². The van der Waals surface area contributed by atoms with E-state index in [4.69, 9.17) is 14.2 Å². The van der Waals surface area contributed by atoms with Crippen molar-refractivity contribution in [2.45, 2.75) is 13.3 Å². The molecule has 0 bridgehead atoms. The van der Waals surface area contributed by atoms with Crippen LogP contribution in [0.15, 0.2) is 24.3 Å². The highest BCUT2D eigenvalue weighted by atomic mass is 16.5. The Morgan fingerprint density at radius 3 is 2.36 bits per heavy atom. The second kappa shape index (κ2) is 9.88. The number of amides is 2. The molecule has 0 N–H and O–H groups in total. The SMILES string of the molecule is COc1ccc(OCCN(CCC(=O)N2CCOCC2)C(C)=O)cc1. The van der Waals surface area contributed by atoms with E-state index >= 15 is 0 Å². The number of rotatable bonds is 8. The van der Waals surface area contributed by atoms with Gasteiger partial charge in [-0.25, -0.2) is 0 Å². The molecule has 2 rings (SSSR count). The zero-order chi connectivity index (χ0) is 18.1. The van der Waals surface area contributed by atoms with Gasteiger partial charge in [-0.2, -0.15) is 0 Å². The Morgan fingerprint density at radius 2 is 1.76 bits per heavy atom. The van der Waals surface area contributed by atoms with Crippen LogP contribution >= 0.6 is 0 Å². The van der Waals surface area contributed by atoms with Crippen molar-refractivity contribution in [3.05, 3.63) is 24.3 Å². The second-order valence-electron chi connectivity index (χ2n) is 5.77. The van der Waals surface area contributed by atoms with Crippen molar-refractivity contribution in [1.29, 1.82) is 0 Å². The molecule has 1 aliphatic heterocycles. The van der Waals surface area contributed by atoms with E-state index in [1.165, 1.54) is 6.92 Å². The van der Waals surface area contributed by atoms with Crippen LogP contribution < -0.4 is 9.47 Å². The summed E-state index contributed by atoms with van der Waals surface area (Å²) in [6.45, 7) is 5.13. The molecule has 0 radical (unpaired) electrons. The Morgan fingerprint density at radius 1 is 1.12 bits per heavy atom. The third-order valence-electron chi connectivity index (χ3n) is 4.09. The number of carbonyl (C=O) groups is 2. The lowest BCUT2D eigenvalue weighted by atomic mass is 10.3. The number of hydrogen-bond donors (Lipinski definition) is 0. The summed E-state index contributed by atoms with van der Waals surface area (Å²) in [4.78, 5) is 27.4. The third-order valence-corrected chi connectivity index (χ3v) is 4.09. The predicted molar refractivity (Wildman–Crippen MR) is 92.8 cm³/mol. The van der Waals surface area contributed by atoms with E-state index in [-0.39, 0.29) is 11.8 Å². The molecule has 0 unspecified atom stereocenters. The minimum Gasteiger partial charge on any atom is -0.497 e. The molecular formula is C18H26N2O5. The number of morpholine rings is 1. The largest absolute Gasteiger partial charge is 0.497 e. The summed E-state index contributed by atoms with van der Waals surface area (Å²) >= 11 is 0. The molecule has 0 spiro atoms. The van der Waals surface area contributed by atoms with Crippen LogP contribution in [0.25, 0.3) is 0 Å². The molecule has 0 atom stereocenters. The standard InChI is InChI=1S/C18H26N2O5/c1-15(21)19(8-7-18(22)20-9-12-24-13-10-20)11-14-25-17-5-3-16(23-2)4-6-17/h3-6H,7-14H2,1-2H3. The first-order chi connectivity index (χ1) is 12.1. The number of benzene rings is 1. The molecule has 1 aliphatic rings. The van der Waals surface area contributed by atoms with Gasteiger partial charge in [-0.3, -0.25) is 9.59 Å². The van der Waals surface area contributed by atoms with E-state index in [9.17, 15) is 9.59 Å². The quantitative estimate of drug-likeness (QED) is 0.704. The summed E-state index contributed by atoms with van der Waals surface area (Å²) in [5.74, 6) is 1.48. The molecule has 0 saturated carbocycles. The molecule has 7 heteroatoms. The molecule has 7 nitrogen and oxygen atoms in total. The van der Waals surface area contributed by atoms with Gasteiger partial charge in [-0.05, 0) is 24.3 Å². The minimum absolute atomic E-state index is 0.0608. The zero-order valence-electron chi connectivity index (χ0n) is 14.9. The van der Waals surface area contributed by atoms with E-state index in [1.807, 2.05) is 24.3 Å². The van der Waals surface area contributed by atoms with Gasteiger partial charge in [-0.15, -0.1) is 0 Å². The number of methoxy groups -OCH3 is 1. The average molecular weight is 350 g/mol. The highest BCUT2D eigenvalue weighted by molar-refractivity contribution is 5.78. The van der Waals surface area contributed by atoms with Gasteiger partial charge in [0, 0.05) is 33.0 Å². The topological polar surface area (TPSA) is 68.3 Å². The number of carbonyl (C=O) groups excluding carboxylic acids is 2. The second-order valence-corrected chi connectivity index (χ2v) is 5.77. The van der Waals surface area contributed by atoms with Crippen LogP contribution in [-0.4, -0.2) is 74.7 Å². The van der Waals surface area contributed by atoms with Crippen LogP contribution in [0.1, 0.15) is 13.3 Å². The lowest BCUT2D eigenvalue weighted by molar-refractivity contribution is -0.136. The molecule has 0 aliphatic carbocycles. The molecule has 1 aromatic rings. The first kappa shape index (κ1) is 19.1. The highest BCUT2D eigenvalue weighted by Gasteiger charge is 2.18. The summed E-state index contributed by atoms with van der Waals surface area (Å²) in [6, 6.07) is 7.27. The Balaban J connectivity index is 1.73. The smallest absolute Gasteiger partial charge is 0.224 e. The Kier molecular flexibility index (Phi) is 7.53. The first-order valence-corrected chi connectivity index (χ1v) is 8.48. The van der Waals surface area contributed by atoms with E-state index < -0.39 is 0 Å². The van der Waals surface area contributed by atoms with Gasteiger partial charge in [0.25, 0.3) is 0 Å². The summed E-state index contributed by atoms with van der Waals surface area (Å²) < 4.78 is 16.0. The van der Waals surface area contributed by atoms with Crippen molar-refractivity contribution >= 4 is 11.8 Å². The third kappa shape index (κ3) is 6.26. The number of ether oxygens (including phenoxy) is 3. The highest BCUT2D eigenvalue weighted by Crippen LogP contribution is 2.16. The van der Waals surface area contributed by atoms with E-state index in [0.29, 0.717) is 58.2 Å². The Bertz CT molecular complexity index is 555. The van der Waals surface area contributed by atoms with Gasteiger partial charge in [0.15, 0.2) is 0 Å². The van der Waals surface area contributed by atoms with Crippen LogP contribution in [-0.2, 0) is 14.3 Å². The van der Waals surface area contributed by atoms with Crippen molar-refractivity contribution in [2.24, 2.45) is 0 Å². The van der Waals surface area contributed by atoms with Crippen LogP contribution in [0.3, 0.4) is 0 Å². The van der Waals surface area contributed by atoms with Crippen LogP contribution in [0.4, 0.5) is 0 Å².